The van der Waals surface area contributed by atoms with Crippen LogP contribution in [-0.4, -0.2) is 12.9 Å². The van der Waals surface area contributed by atoms with Crippen LogP contribution in [-0.2, 0) is 0 Å². The van der Waals surface area contributed by atoms with Crippen molar-refractivity contribution in [1.82, 2.24) is 0 Å². The van der Waals surface area contributed by atoms with Gasteiger partial charge in [-0.25, -0.2) is 17.6 Å². The summed E-state index contributed by atoms with van der Waals surface area (Å²) >= 11 is 0. The van der Waals surface area contributed by atoms with Crippen LogP contribution in [0, 0.1) is 5.92 Å². The summed E-state index contributed by atoms with van der Waals surface area (Å²) in [6, 6.07) is 0. The van der Waals surface area contributed by atoms with Crippen LogP contribution < -0.4 is 0 Å². The fraction of sp³-hybridized carbons (Fsp3) is 0.600. The summed E-state index contributed by atoms with van der Waals surface area (Å²) in [5.41, 5.74) is 0. The molecule has 0 aliphatic heterocycles. The largest absolute Gasteiger partial charge is 0.250 e. The molecule has 0 saturated heterocycles. The van der Waals surface area contributed by atoms with Gasteiger partial charge in [0.1, 0.15) is 0 Å². The Morgan fingerprint density at radius 3 is 1.33 bits per heavy atom. The second-order valence-corrected chi connectivity index (χ2v) is 1.48. The summed E-state index contributed by atoms with van der Waals surface area (Å²) in [6.45, 7) is 2.84. The van der Waals surface area contributed by atoms with E-state index in [1.807, 2.05) is 0 Å². The van der Waals surface area contributed by atoms with Crippen LogP contribution in [0.4, 0.5) is 17.6 Å². The number of hydrogen-bond acceptors (Lipinski definition) is 0. The molecular formula is C5H6F4. The molecule has 0 aliphatic carbocycles. The van der Waals surface area contributed by atoms with Crippen molar-refractivity contribution >= 4 is 0 Å². The van der Waals surface area contributed by atoms with Crippen molar-refractivity contribution in [3.63, 3.8) is 0 Å². The van der Waals surface area contributed by atoms with Gasteiger partial charge in [0, 0.05) is 0 Å². The van der Waals surface area contributed by atoms with Crippen LogP contribution >= 0.6 is 0 Å². The monoisotopic (exact) mass is 142 g/mol. The molecule has 0 spiro atoms. The minimum atomic E-state index is -3.01. The minimum absolute atomic E-state index is 0.565. The molecule has 0 unspecified atom stereocenters. The zero-order chi connectivity index (χ0) is 7.44. The summed E-state index contributed by atoms with van der Waals surface area (Å²) in [4.78, 5) is 0. The third-order valence-corrected chi connectivity index (χ3v) is 0.854. The lowest BCUT2D eigenvalue weighted by Gasteiger charge is -2.07. The maximum absolute atomic E-state index is 11.4. The van der Waals surface area contributed by atoms with Gasteiger partial charge in [-0.15, -0.1) is 6.58 Å². The highest BCUT2D eigenvalue weighted by Gasteiger charge is 2.26. The first-order valence-electron chi connectivity index (χ1n) is 2.28. The van der Waals surface area contributed by atoms with E-state index < -0.39 is 18.8 Å². The average Bonchev–Trinajstić information content (AvgIpc) is 1.64. The van der Waals surface area contributed by atoms with E-state index in [-0.39, 0.29) is 0 Å². The molecule has 0 rings (SSSR count). The summed E-state index contributed by atoms with van der Waals surface area (Å²) in [7, 11) is 0. The van der Waals surface area contributed by atoms with Gasteiger partial charge < -0.3 is 0 Å². The Labute approximate surface area is 50.2 Å². The zero-order valence-corrected chi connectivity index (χ0v) is 4.53. The Hall–Kier alpha value is -0.540. The van der Waals surface area contributed by atoms with E-state index in [0.29, 0.717) is 6.08 Å². The van der Waals surface area contributed by atoms with E-state index in [0.717, 1.165) is 0 Å². The van der Waals surface area contributed by atoms with Crippen LogP contribution in [0.3, 0.4) is 0 Å². The highest BCUT2D eigenvalue weighted by Crippen LogP contribution is 2.18. The molecule has 54 valence electrons. The second kappa shape index (κ2) is 3.48. The molecule has 0 N–H and O–H groups in total. The van der Waals surface area contributed by atoms with Gasteiger partial charge in [-0.2, -0.15) is 0 Å². The van der Waals surface area contributed by atoms with Crippen molar-refractivity contribution in [1.29, 1.82) is 0 Å². The van der Waals surface area contributed by atoms with Crippen LogP contribution in [0.2, 0.25) is 0 Å². The quantitative estimate of drug-likeness (QED) is 0.419. The van der Waals surface area contributed by atoms with Gasteiger partial charge in [0.15, 0.2) is 0 Å². The molecule has 4 heteroatoms. The Balaban J connectivity index is 3.82. The number of allylic oxidation sites excluding steroid dienone is 1. The van der Waals surface area contributed by atoms with E-state index in [4.69, 9.17) is 0 Å². The van der Waals surface area contributed by atoms with Crippen molar-refractivity contribution in [2.75, 3.05) is 0 Å². The third-order valence-electron chi connectivity index (χ3n) is 0.854. The van der Waals surface area contributed by atoms with Gasteiger partial charge >= 0.3 is 0 Å². The van der Waals surface area contributed by atoms with E-state index in [2.05, 4.69) is 6.58 Å². The maximum Gasteiger partial charge on any atom is 0.250 e. The van der Waals surface area contributed by atoms with Gasteiger partial charge in [-0.1, -0.05) is 6.08 Å². The molecule has 0 aliphatic rings. The van der Waals surface area contributed by atoms with Gasteiger partial charge in [0.05, 0.1) is 5.92 Å². The second-order valence-electron chi connectivity index (χ2n) is 1.48. The van der Waals surface area contributed by atoms with Crippen LogP contribution in [0.1, 0.15) is 0 Å². The van der Waals surface area contributed by atoms with Crippen molar-refractivity contribution in [3.05, 3.63) is 12.7 Å². The first-order chi connectivity index (χ1) is 4.09. The number of alkyl halides is 4. The molecule has 9 heavy (non-hydrogen) atoms. The predicted octanol–water partition coefficient (Wildman–Crippen LogP) is 2.32. The molecule has 0 amide bonds. The van der Waals surface area contributed by atoms with E-state index in [1.165, 1.54) is 0 Å². The average molecular weight is 142 g/mol. The lowest BCUT2D eigenvalue weighted by atomic mass is 10.2. The molecule has 0 nitrogen and oxygen atoms in total. The molecule has 0 aromatic rings. The van der Waals surface area contributed by atoms with Crippen LogP contribution in [0.25, 0.3) is 0 Å². The topological polar surface area (TPSA) is 0 Å². The first-order valence-corrected chi connectivity index (χ1v) is 2.28. The fourth-order valence-electron chi connectivity index (χ4n) is 0.316. The highest BCUT2D eigenvalue weighted by molar-refractivity contribution is 4.82. The smallest absolute Gasteiger partial charge is 0.210 e. The Morgan fingerprint density at radius 1 is 1.00 bits per heavy atom. The molecular weight excluding hydrogens is 136 g/mol. The molecule has 0 aromatic heterocycles. The fourth-order valence-corrected chi connectivity index (χ4v) is 0.316. The van der Waals surface area contributed by atoms with E-state index >= 15 is 0 Å². The zero-order valence-electron chi connectivity index (χ0n) is 4.53. The maximum atomic E-state index is 11.4. The van der Waals surface area contributed by atoms with Gasteiger partial charge in [0.2, 0.25) is 12.9 Å². The highest BCUT2D eigenvalue weighted by atomic mass is 19.3. The lowest BCUT2D eigenvalue weighted by Crippen LogP contribution is -2.16. The van der Waals surface area contributed by atoms with Crippen LogP contribution in [0.15, 0.2) is 12.7 Å². The van der Waals surface area contributed by atoms with Gasteiger partial charge in [-0.3, -0.25) is 0 Å². The van der Waals surface area contributed by atoms with Crippen molar-refractivity contribution in [2.45, 2.75) is 12.9 Å². The lowest BCUT2D eigenvalue weighted by molar-refractivity contribution is -0.00158. The Bertz CT molecular complexity index is 81.0. The van der Waals surface area contributed by atoms with Gasteiger partial charge in [-0.05, 0) is 0 Å². The van der Waals surface area contributed by atoms with Crippen molar-refractivity contribution < 1.29 is 17.6 Å². The number of hydrogen-bond donors (Lipinski definition) is 0. The third kappa shape index (κ3) is 2.49. The first kappa shape index (κ1) is 8.46. The normalized spacial score (nSPS) is 11.4. The van der Waals surface area contributed by atoms with Crippen LogP contribution in [0.5, 0.6) is 0 Å². The summed E-state index contributed by atoms with van der Waals surface area (Å²) in [5, 5.41) is 0. The van der Waals surface area contributed by atoms with Crippen molar-refractivity contribution in [2.24, 2.45) is 5.92 Å². The molecule has 0 atom stereocenters. The molecule has 0 saturated carbocycles. The SMILES string of the molecule is C=CC(C(F)F)C(F)F. The standard InChI is InChI=1S/C5H6F4/c1-2-3(4(6)7)5(8)9/h2-5H,1H2. The van der Waals surface area contributed by atoms with E-state index in [9.17, 15) is 17.6 Å². The summed E-state index contributed by atoms with van der Waals surface area (Å²) < 4.78 is 45.6. The molecule has 0 heterocycles. The van der Waals surface area contributed by atoms with Crippen molar-refractivity contribution in [3.8, 4) is 0 Å². The molecule has 0 bridgehead atoms. The molecule has 0 aromatic carbocycles. The predicted molar refractivity (Wildman–Crippen MR) is 25.7 cm³/mol. The summed E-state index contributed by atoms with van der Waals surface area (Å²) in [6.07, 6.45) is -5.46. The number of halogens is 4. The van der Waals surface area contributed by atoms with Gasteiger partial charge in [0.25, 0.3) is 0 Å². The molecule has 0 fully saturated rings. The molecule has 0 radical (unpaired) electrons. The Morgan fingerprint density at radius 2 is 1.33 bits per heavy atom. The minimum Gasteiger partial charge on any atom is -0.210 e. The van der Waals surface area contributed by atoms with E-state index in [1.54, 1.807) is 0 Å². The Kier molecular flexibility index (Phi) is 3.27. The summed E-state index contributed by atoms with van der Waals surface area (Å²) in [5.74, 6) is -1.98. The number of rotatable bonds is 3.